The predicted octanol–water partition coefficient (Wildman–Crippen LogP) is 1.96. The third-order valence-electron chi connectivity index (χ3n) is 2.21. The van der Waals surface area contributed by atoms with Gasteiger partial charge in [0.1, 0.15) is 5.56 Å². The maximum Gasteiger partial charge on any atom is 0.439 e. The SMILES string of the molecule is O=c1[nH]c(-c2ccc([N+](=O)[O-])c(C(F)(F)F)c2)no1. The van der Waals surface area contributed by atoms with Crippen molar-refractivity contribution in [1.29, 1.82) is 0 Å². The summed E-state index contributed by atoms with van der Waals surface area (Å²) in [4.78, 5) is 22.1. The molecule has 2 rings (SSSR count). The molecule has 0 aliphatic rings. The Labute approximate surface area is 101 Å². The summed E-state index contributed by atoms with van der Waals surface area (Å²) in [7, 11) is 0. The summed E-state index contributed by atoms with van der Waals surface area (Å²) in [5, 5.41) is 13.7. The fourth-order valence-electron chi connectivity index (χ4n) is 1.42. The van der Waals surface area contributed by atoms with Gasteiger partial charge in [-0.25, -0.2) is 4.79 Å². The van der Waals surface area contributed by atoms with Gasteiger partial charge in [-0.2, -0.15) is 13.2 Å². The fourth-order valence-corrected chi connectivity index (χ4v) is 1.42. The number of benzene rings is 1. The van der Waals surface area contributed by atoms with Crippen LogP contribution in [-0.4, -0.2) is 15.1 Å². The van der Waals surface area contributed by atoms with Gasteiger partial charge in [-0.05, 0) is 12.1 Å². The normalized spacial score (nSPS) is 11.5. The van der Waals surface area contributed by atoms with E-state index in [1.165, 1.54) is 0 Å². The number of alkyl halides is 3. The van der Waals surface area contributed by atoms with E-state index in [9.17, 15) is 28.1 Å². The van der Waals surface area contributed by atoms with E-state index in [-0.39, 0.29) is 11.4 Å². The van der Waals surface area contributed by atoms with E-state index in [2.05, 4.69) is 9.68 Å². The van der Waals surface area contributed by atoms with Crippen LogP contribution in [0.5, 0.6) is 0 Å². The third-order valence-corrected chi connectivity index (χ3v) is 2.21. The lowest BCUT2D eigenvalue weighted by atomic mass is 10.1. The van der Waals surface area contributed by atoms with Crippen LogP contribution in [0.2, 0.25) is 0 Å². The molecule has 10 heteroatoms. The number of aromatic nitrogens is 2. The minimum Gasteiger partial charge on any atom is -0.296 e. The van der Waals surface area contributed by atoms with Gasteiger partial charge in [-0.3, -0.25) is 19.6 Å². The zero-order valence-corrected chi connectivity index (χ0v) is 8.89. The van der Waals surface area contributed by atoms with Gasteiger partial charge in [-0.15, -0.1) is 0 Å². The summed E-state index contributed by atoms with van der Waals surface area (Å²) >= 11 is 0. The summed E-state index contributed by atoms with van der Waals surface area (Å²) in [5.74, 6) is -1.19. The maximum atomic E-state index is 12.7. The molecule has 0 radical (unpaired) electrons. The molecular formula is C9H4F3N3O4. The van der Waals surface area contributed by atoms with E-state index in [1.807, 2.05) is 4.98 Å². The minimum absolute atomic E-state index is 0.149. The first-order chi connectivity index (χ1) is 8.79. The highest BCUT2D eigenvalue weighted by molar-refractivity contribution is 5.60. The molecule has 1 N–H and O–H groups in total. The molecule has 1 aromatic heterocycles. The molecule has 7 nitrogen and oxygen atoms in total. The molecule has 1 aromatic carbocycles. The number of nitro groups is 1. The van der Waals surface area contributed by atoms with E-state index in [0.717, 1.165) is 6.07 Å². The Morgan fingerprint density at radius 2 is 2.05 bits per heavy atom. The van der Waals surface area contributed by atoms with Gasteiger partial charge in [0.25, 0.3) is 5.69 Å². The smallest absolute Gasteiger partial charge is 0.296 e. The van der Waals surface area contributed by atoms with Crippen LogP contribution in [0.25, 0.3) is 11.4 Å². The first-order valence-electron chi connectivity index (χ1n) is 4.71. The summed E-state index contributed by atoms with van der Waals surface area (Å²) in [6, 6.07) is 2.23. The second-order valence-electron chi connectivity index (χ2n) is 3.43. The molecule has 100 valence electrons. The highest BCUT2D eigenvalue weighted by Crippen LogP contribution is 2.37. The lowest BCUT2D eigenvalue weighted by molar-refractivity contribution is -0.388. The summed E-state index contributed by atoms with van der Waals surface area (Å²) in [6.45, 7) is 0. The van der Waals surface area contributed by atoms with Crippen LogP contribution in [0.15, 0.2) is 27.5 Å². The van der Waals surface area contributed by atoms with Crippen molar-refractivity contribution < 1.29 is 22.6 Å². The molecule has 0 aliphatic carbocycles. The van der Waals surface area contributed by atoms with Crippen molar-refractivity contribution >= 4 is 5.69 Å². The van der Waals surface area contributed by atoms with Gasteiger partial charge >= 0.3 is 11.9 Å². The third kappa shape index (κ3) is 2.46. The zero-order chi connectivity index (χ0) is 14.2. The van der Waals surface area contributed by atoms with Gasteiger partial charge in [0.15, 0.2) is 5.82 Å². The lowest BCUT2D eigenvalue weighted by Crippen LogP contribution is -2.09. The van der Waals surface area contributed by atoms with Crippen molar-refractivity contribution in [1.82, 2.24) is 10.1 Å². The second kappa shape index (κ2) is 4.23. The summed E-state index contributed by atoms with van der Waals surface area (Å²) in [6.07, 6.45) is -4.90. The average Bonchev–Trinajstić information content (AvgIpc) is 2.74. The van der Waals surface area contributed by atoms with Crippen LogP contribution in [0, 0.1) is 10.1 Å². The number of hydrogen-bond acceptors (Lipinski definition) is 5. The minimum atomic E-state index is -4.90. The Hall–Kier alpha value is -2.65. The summed E-state index contributed by atoms with van der Waals surface area (Å²) in [5.41, 5.74) is -2.66. The molecule has 0 fully saturated rings. The van der Waals surface area contributed by atoms with E-state index in [1.54, 1.807) is 0 Å². The average molecular weight is 275 g/mol. The molecule has 0 atom stereocenters. The molecule has 0 saturated carbocycles. The molecule has 0 unspecified atom stereocenters. The molecule has 0 spiro atoms. The lowest BCUT2D eigenvalue weighted by Gasteiger charge is -2.08. The van der Waals surface area contributed by atoms with Crippen LogP contribution in [-0.2, 0) is 6.18 Å². The van der Waals surface area contributed by atoms with Crippen LogP contribution in [0.4, 0.5) is 18.9 Å². The Kier molecular flexibility index (Phi) is 2.85. The van der Waals surface area contributed by atoms with Crippen LogP contribution < -0.4 is 5.76 Å². The van der Waals surface area contributed by atoms with Crippen molar-refractivity contribution in [2.75, 3.05) is 0 Å². The quantitative estimate of drug-likeness (QED) is 0.666. The van der Waals surface area contributed by atoms with Crippen molar-refractivity contribution in [2.24, 2.45) is 0 Å². The second-order valence-corrected chi connectivity index (χ2v) is 3.43. The number of nitrogens with zero attached hydrogens (tertiary/aromatic N) is 2. The van der Waals surface area contributed by atoms with Crippen LogP contribution >= 0.6 is 0 Å². The molecule has 0 bridgehead atoms. The van der Waals surface area contributed by atoms with Gasteiger partial charge < -0.3 is 0 Å². The van der Waals surface area contributed by atoms with Crippen LogP contribution in [0.1, 0.15) is 5.56 Å². The number of aromatic amines is 1. The van der Waals surface area contributed by atoms with E-state index >= 15 is 0 Å². The fraction of sp³-hybridized carbons (Fsp3) is 0.111. The molecule has 0 saturated heterocycles. The molecule has 0 aliphatic heterocycles. The number of nitro benzene ring substituents is 1. The topological polar surface area (TPSA) is 102 Å². The Morgan fingerprint density at radius 3 is 2.53 bits per heavy atom. The predicted molar refractivity (Wildman–Crippen MR) is 54.2 cm³/mol. The number of H-pyrrole nitrogens is 1. The standard InChI is InChI=1S/C9H4F3N3O4/c10-9(11,12)5-3-4(1-2-6(5)15(17)18)7-13-8(16)19-14-7/h1-3H,(H,13,14,16). The monoisotopic (exact) mass is 275 g/mol. The first kappa shape index (κ1) is 12.8. The van der Waals surface area contributed by atoms with Gasteiger partial charge in [0, 0.05) is 11.6 Å². The molecule has 0 amide bonds. The first-order valence-corrected chi connectivity index (χ1v) is 4.71. The Morgan fingerprint density at radius 1 is 1.37 bits per heavy atom. The largest absolute Gasteiger partial charge is 0.439 e. The van der Waals surface area contributed by atoms with E-state index < -0.39 is 28.1 Å². The van der Waals surface area contributed by atoms with Crippen molar-refractivity contribution in [3.63, 3.8) is 0 Å². The molecule has 2 aromatic rings. The van der Waals surface area contributed by atoms with Gasteiger partial charge in [-0.1, -0.05) is 5.16 Å². The summed E-state index contributed by atoms with van der Waals surface area (Å²) < 4.78 is 42.2. The Balaban J connectivity index is 2.62. The Bertz CT molecular complexity index is 689. The van der Waals surface area contributed by atoms with Gasteiger partial charge in [0.2, 0.25) is 0 Å². The van der Waals surface area contributed by atoms with Crippen LogP contribution in [0.3, 0.4) is 0 Å². The highest BCUT2D eigenvalue weighted by atomic mass is 19.4. The van der Waals surface area contributed by atoms with Gasteiger partial charge in [0.05, 0.1) is 4.92 Å². The molecule has 1 heterocycles. The van der Waals surface area contributed by atoms with E-state index in [0.29, 0.717) is 12.1 Å². The van der Waals surface area contributed by atoms with Crippen molar-refractivity contribution in [2.45, 2.75) is 6.18 Å². The van der Waals surface area contributed by atoms with Crippen molar-refractivity contribution in [3.05, 3.63) is 44.4 Å². The number of rotatable bonds is 2. The van der Waals surface area contributed by atoms with E-state index in [4.69, 9.17) is 0 Å². The number of halogens is 3. The highest BCUT2D eigenvalue weighted by Gasteiger charge is 2.38. The number of hydrogen-bond donors (Lipinski definition) is 1. The molecule has 19 heavy (non-hydrogen) atoms. The molecular weight excluding hydrogens is 271 g/mol. The zero-order valence-electron chi connectivity index (χ0n) is 8.89. The maximum absolute atomic E-state index is 12.7. The van der Waals surface area contributed by atoms with Crippen molar-refractivity contribution in [3.8, 4) is 11.4 Å². The number of nitrogens with one attached hydrogen (secondary N) is 1.